The number of halogens is 5. The first-order valence-corrected chi connectivity index (χ1v) is 5.93. The van der Waals surface area contributed by atoms with Crippen molar-refractivity contribution >= 4 is 0 Å². The molecule has 0 aliphatic carbocycles. The fourth-order valence-corrected chi connectivity index (χ4v) is 1.58. The van der Waals surface area contributed by atoms with Gasteiger partial charge < -0.3 is 9.84 Å². The van der Waals surface area contributed by atoms with E-state index < -0.39 is 30.7 Å². The van der Waals surface area contributed by atoms with Crippen LogP contribution < -0.4 is 4.74 Å². The summed E-state index contributed by atoms with van der Waals surface area (Å²) >= 11 is 0. The van der Waals surface area contributed by atoms with Crippen molar-refractivity contribution in [1.29, 1.82) is 0 Å². The van der Waals surface area contributed by atoms with Crippen molar-refractivity contribution in [2.24, 2.45) is 0 Å². The van der Waals surface area contributed by atoms with E-state index in [9.17, 15) is 27.1 Å². The largest absolute Gasteiger partial charge is 0.491 e. The van der Waals surface area contributed by atoms with Crippen LogP contribution in [0.15, 0.2) is 18.2 Å². The fourth-order valence-electron chi connectivity index (χ4n) is 1.58. The van der Waals surface area contributed by atoms with Crippen LogP contribution in [-0.2, 0) is 0 Å². The second kappa shape index (κ2) is 6.39. The molecule has 0 radical (unpaired) electrons. The topological polar surface area (TPSA) is 29.5 Å². The molecule has 1 aromatic rings. The average Bonchev–Trinajstić information content (AvgIpc) is 2.26. The fraction of sp³-hybridized carbons (Fsp3) is 0.538. The van der Waals surface area contributed by atoms with Crippen LogP contribution in [0.2, 0.25) is 0 Å². The van der Waals surface area contributed by atoms with E-state index in [-0.39, 0.29) is 17.4 Å². The van der Waals surface area contributed by atoms with Crippen LogP contribution in [0.1, 0.15) is 31.9 Å². The maximum Gasteiger partial charge on any atom is 0.310 e. The summed E-state index contributed by atoms with van der Waals surface area (Å²) in [6, 6.07) is 2.97. The van der Waals surface area contributed by atoms with E-state index >= 15 is 0 Å². The minimum Gasteiger partial charge on any atom is -0.491 e. The van der Waals surface area contributed by atoms with Crippen LogP contribution in [0.25, 0.3) is 0 Å². The first-order valence-electron chi connectivity index (χ1n) is 5.93. The van der Waals surface area contributed by atoms with E-state index in [0.717, 1.165) is 18.2 Å². The Bertz CT molecular complexity index is 448. The Morgan fingerprint density at radius 2 is 1.80 bits per heavy atom. The van der Waals surface area contributed by atoms with Gasteiger partial charge in [-0.3, -0.25) is 0 Å². The van der Waals surface area contributed by atoms with Crippen LogP contribution in [0.4, 0.5) is 22.0 Å². The van der Waals surface area contributed by atoms with Gasteiger partial charge in [-0.2, -0.15) is 0 Å². The van der Waals surface area contributed by atoms with E-state index in [4.69, 9.17) is 4.74 Å². The lowest BCUT2D eigenvalue weighted by atomic mass is 10.0. The van der Waals surface area contributed by atoms with Gasteiger partial charge in [0.2, 0.25) is 0 Å². The molecule has 114 valence electrons. The van der Waals surface area contributed by atoms with Gasteiger partial charge in [-0.05, 0) is 31.5 Å². The van der Waals surface area contributed by atoms with Gasteiger partial charge in [0.25, 0.3) is 0 Å². The minimum absolute atomic E-state index is 0.0365. The molecule has 0 aliphatic heterocycles. The van der Waals surface area contributed by atoms with Crippen molar-refractivity contribution in [3.8, 4) is 5.75 Å². The molecule has 0 fully saturated rings. The molecule has 0 spiro atoms. The van der Waals surface area contributed by atoms with Gasteiger partial charge in [-0.1, -0.05) is 0 Å². The van der Waals surface area contributed by atoms with Gasteiger partial charge >= 0.3 is 12.3 Å². The van der Waals surface area contributed by atoms with Crippen molar-refractivity contribution in [3.05, 3.63) is 29.6 Å². The normalized spacial score (nSPS) is 13.9. The molecule has 0 aliphatic rings. The Morgan fingerprint density at radius 1 is 1.20 bits per heavy atom. The summed E-state index contributed by atoms with van der Waals surface area (Å²) in [6.07, 6.45) is -7.58. The maximum absolute atomic E-state index is 13.3. The zero-order valence-corrected chi connectivity index (χ0v) is 10.9. The Hall–Kier alpha value is -1.37. The van der Waals surface area contributed by atoms with Gasteiger partial charge in [0.1, 0.15) is 11.6 Å². The van der Waals surface area contributed by atoms with Crippen molar-refractivity contribution in [1.82, 2.24) is 0 Å². The molecule has 1 N–H and O–H groups in total. The van der Waals surface area contributed by atoms with Crippen LogP contribution in [0.5, 0.6) is 5.75 Å². The third-order valence-electron chi connectivity index (χ3n) is 2.43. The van der Waals surface area contributed by atoms with Gasteiger partial charge in [0, 0.05) is 12.5 Å². The predicted octanol–water partition coefficient (Wildman–Crippen LogP) is 3.94. The summed E-state index contributed by atoms with van der Waals surface area (Å²) in [6.45, 7) is 3.35. The van der Waals surface area contributed by atoms with Crippen molar-refractivity contribution < 1.29 is 31.8 Å². The quantitative estimate of drug-likeness (QED) is 0.806. The highest BCUT2D eigenvalue weighted by Gasteiger charge is 2.42. The van der Waals surface area contributed by atoms with Crippen LogP contribution in [0.3, 0.4) is 0 Å². The molecule has 2 nitrogen and oxygen atoms in total. The lowest BCUT2D eigenvalue weighted by molar-refractivity contribution is -0.149. The molecule has 0 heterocycles. The van der Waals surface area contributed by atoms with Gasteiger partial charge in [-0.25, -0.2) is 22.0 Å². The van der Waals surface area contributed by atoms with Crippen LogP contribution in [-0.4, -0.2) is 23.6 Å². The number of ether oxygens (including phenoxy) is 1. The lowest BCUT2D eigenvalue weighted by Gasteiger charge is -2.20. The zero-order valence-electron chi connectivity index (χ0n) is 10.9. The molecule has 1 rings (SSSR count). The van der Waals surface area contributed by atoms with Crippen LogP contribution in [0, 0.1) is 5.82 Å². The number of aliphatic hydroxyl groups excluding tert-OH is 1. The summed E-state index contributed by atoms with van der Waals surface area (Å²) in [4.78, 5) is 0. The molecule has 0 saturated heterocycles. The molecule has 0 aromatic heterocycles. The van der Waals surface area contributed by atoms with E-state index in [0.29, 0.717) is 0 Å². The van der Waals surface area contributed by atoms with E-state index in [1.165, 1.54) is 0 Å². The lowest BCUT2D eigenvalue weighted by Crippen LogP contribution is -2.28. The Morgan fingerprint density at radius 3 is 2.30 bits per heavy atom. The average molecular weight is 298 g/mol. The highest BCUT2D eigenvalue weighted by atomic mass is 19.3. The van der Waals surface area contributed by atoms with E-state index in [1.54, 1.807) is 13.8 Å². The summed E-state index contributed by atoms with van der Waals surface area (Å²) in [5.41, 5.74) is -0.235. The standard InChI is InChI=1S/C13H15F5O2/c1-7(2)20-10-4-8(3-9(14)5-10)11(19)6-13(17,18)12(15)16/h3-5,7,11-12,19H,6H2,1-2H3. The number of hydrogen-bond donors (Lipinski definition) is 1. The first kappa shape index (κ1) is 16.7. The molecule has 0 saturated carbocycles. The molecule has 1 aromatic carbocycles. The molecule has 0 bridgehead atoms. The molecule has 1 unspecified atom stereocenters. The number of benzene rings is 1. The number of aliphatic hydroxyl groups is 1. The van der Waals surface area contributed by atoms with Crippen LogP contribution >= 0.6 is 0 Å². The summed E-state index contributed by atoms with van der Waals surface area (Å²) in [5, 5.41) is 9.55. The SMILES string of the molecule is CC(C)Oc1cc(F)cc(C(O)CC(F)(F)C(F)F)c1. The van der Waals surface area contributed by atoms with Gasteiger partial charge in [-0.15, -0.1) is 0 Å². The molecular weight excluding hydrogens is 283 g/mol. The smallest absolute Gasteiger partial charge is 0.310 e. The summed E-state index contributed by atoms with van der Waals surface area (Å²) in [5.74, 6) is -5.11. The zero-order chi connectivity index (χ0) is 15.5. The number of alkyl halides is 4. The molecule has 0 amide bonds. The van der Waals surface area contributed by atoms with Crippen molar-refractivity contribution in [3.63, 3.8) is 0 Å². The number of rotatable bonds is 6. The Balaban J connectivity index is 2.92. The van der Waals surface area contributed by atoms with Gasteiger partial charge in [0.15, 0.2) is 0 Å². The van der Waals surface area contributed by atoms with Gasteiger partial charge in [0.05, 0.1) is 12.2 Å². The molecule has 7 heteroatoms. The minimum atomic E-state index is -4.34. The first-order chi connectivity index (χ1) is 9.11. The molecular formula is C13H15F5O2. The predicted molar refractivity (Wildman–Crippen MR) is 62.7 cm³/mol. The Kier molecular flexibility index (Phi) is 5.33. The second-order valence-electron chi connectivity index (χ2n) is 4.67. The van der Waals surface area contributed by atoms with Crippen molar-refractivity contribution in [2.45, 2.75) is 44.8 Å². The van der Waals surface area contributed by atoms with E-state index in [1.807, 2.05) is 0 Å². The van der Waals surface area contributed by atoms with E-state index in [2.05, 4.69) is 0 Å². The maximum atomic E-state index is 13.3. The molecule has 1 atom stereocenters. The third-order valence-corrected chi connectivity index (χ3v) is 2.43. The summed E-state index contributed by atoms with van der Waals surface area (Å²) in [7, 11) is 0. The third kappa shape index (κ3) is 4.63. The number of hydrogen-bond acceptors (Lipinski definition) is 2. The summed E-state index contributed by atoms with van der Waals surface area (Å²) < 4.78 is 68.3. The highest BCUT2D eigenvalue weighted by molar-refractivity contribution is 5.31. The highest BCUT2D eigenvalue weighted by Crippen LogP contribution is 2.34. The second-order valence-corrected chi connectivity index (χ2v) is 4.67. The Labute approximate surface area is 113 Å². The van der Waals surface area contributed by atoms with Crippen molar-refractivity contribution in [2.75, 3.05) is 0 Å². The molecule has 20 heavy (non-hydrogen) atoms. The monoisotopic (exact) mass is 298 g/mol.